The SMILES string of the molecule is Fc1ccc(C[n+]2c(Cc3ccccc3)[nH]c3ccccc32)cc1. The van der Waals surface area contributed by atoms with Crippen molar-refractivity contribution in [3.8, 4) is 0 Å². The van der Waals surface area contributed by atoms with E-state index in [1.807, 2.05) is 30.3 Å². The summed E-state index contributed by atoms with van der Waals surface area (Å²) in [5, 5.41) is 0. The second kappa shape index (κ2) is 6.28. The average molecular weight is 317 g/mol. The van der Waals surface area contributed by atoms with E-state index in [1.54, 1.807) is 0 Å². The Morgan fingerprint density at radius 3 is 2.25 bits per heavy atom. The zero-order valence-electron chi connectivity index (χ0n) is 13.2. The topological polar surface area (TPSA) is 19.7 Å². The molecule has 0 atom stereocenters. The largest absolute Gasteiger partial charge is 0.259 e. The monoisotopic (exact) mass is 317 g/mol. The summed E-state index contributed by atoms with van der Waals surface area (Å²) < 4.78 is 15.4. The number of aromatic nitrogens is 2. The highest BCUT2D eigenvalue weighted by molar-refractivity contribution is 5.71. The fourth-order valence-electron chi connectivity index (χ4n) is 3.06. The number of benzene rings is 3. The molecule has 0 aliphatic carbocycles. The van der Waals surface area contributed by atoms with Gasteiger partial charge in [-0.3, -0.25) is 0 Å². The molecule has 0 amide bonds. The fraction of sp³-hybridized carbons (Fsp3) is 0.0952. The van der Waals surface area contributed by atoms with Gasteiger partial charge in [0.15, 0.2) is 11.0 Å². The van der Waals surface area contributed by atoms with Crippen LogP contribution in [0, 0.1) is 5.82 Å². The smallest absolute Gasteiger partial charge is 0.240 e. The number of H-pyrrole nitrogens is 1. The Morgan fingerprint density at radius 1 is 0.750 bits per heavy atom. The molecule has 0 aliphatic heterocycles. The summed E-state index contributed by atoms with van der Waals surface area (Å²) in [4.78, 5) is 3.53. The van der Waals surface area contributed by atoms with Gasteiger partial charge in [-0.2, -0.15) is 0 Å². The van der Waals surface area contributed by atoms with Gasteiger partial charge in [0.1, 0.15) is 12.4 Å². The first-order valence-corrected chi connectivity index (χ1v) is 8.07. The molecule has 0 saturated heterocycles. The van der Waals surface area contributed by atoms with Crippen LogP contribution in [0.3, 0.4) is 0 Å². The highest BCUT2D eigenvalue weighted by atomic mass is 19.1. The van der Waals surface area contributed by atoms with E-state index in [-0.39, 0.29) is 5.82 Å². The van der Waals surface area contributed by atoms with E-state index >= 15 is 0 Å². The molecule has 24 heavy (non-hydrogen) atoms. The molecule has 0 bridgehead atoms. The normalized spacial score (nSPS) is 11.0. The summed E-state index contributed by atoms with van der Waals surface area (Å²) in [6.45, 7) is 0.715. The summed E-state index contributed by atoms with van der Waals surface area (Å²) >= 11 is 0. The van der Waals surface area contributed by atoms with E-state index in [0.717, 1.165) is 28.8 Å². The number of nitrogens with zero attached hydrogens (tertiary/aromatic N) is 1. The quantitative estimate of drug-likeness (QED) is 0.543. The number of hydrogen-bond donors (Lipinski definition) is 1. The van der Waals surface area contributed by atoms with Crippen LogP contribution in [0.15, 0.2) is 78.9 Å². The first-order chi connectivity index (χ1) is 11.8. The Hall–Kier alpha value is -2.94. The summed E-state index contributed by atoms with van der Waals surface area (Å²) in [7, 11) is 0. The van der Waals surface area contributed by atoms with Gasteiger partial charge >= 0.3 is 0 Å². The molecule has 1 heterocycles. The summed E-state index contributed by atoms with van der Waals surface area (Å²) in [5.74, 6) is 0.943. The standard InChI is InChI=1S/C21H17FN2/c22-18-12-10-17(11-13-18)15-24-20-9-5-4-8-19(20)23-21(24)14-16-6-2-1-3-7-16/h1-13H,14-15H2/p+1. The first kappa shape index (κ1) is 14.6. The van der Waals surface area contributed by atoms with E-state index in [1.165, 1.54) is 17.7 Å². The number of para-hydroxylation sites is 2. The lowest BCUT2D eigenvalue weighted by molar-refractivity contribution is -0.669. The van der Waals surface area contributed by atoms with Crippen molar-refractivity contribution in [3.05, 3.63) is 102 Å². The molecular formula is C21H18FN2+. The molecule has 0 saturated carbocycles. The van der Waals surface area contributed by atoms with Gasteiger partial charge in [-0.05, 0) is 35.4 Å². The molecule has 1 aromatic heterocycles. The van der Waals surface area contributed by atoms with Gasteiger partial charge in [-0.15, -0.1) is 0 Å². The number of aromatic amines is 1. The molecule has 0 unspecified atom stereocenters. The second-order valence-electron chi connectivity index (χ2n) is 5.96. The number of nitrogens with one attached hydrogen (secondary N) is 1. The number of hydrogen-bond acceptors (Lipinski definition) is 0. The predicted octanol–water partition coefficient (Wildman–Crippen LogP) is 4.23. The molecular weight excluding hydrogens is 299 g/mol. The highest BCUT2D eigenvalue weighted by Gasteiger charge is 2.18. The fourth-order valence-corrected chi connectivity index (χ4v) is 3.06. The Labute approximate surface area is 140 Å². The van der Waals surface area contributed by atoms with E-state index in [2.05, 4.69) is 45.9 Å². The van der Waals surface area contributed by atoms with Crippen LogP contribution in [0.25, 0.3) is 11.0 Å². The van der Waals surface area contributed by atoms with Crippen molar-refractivity contribution in [2.75, 3.05) is 0 Å². The van der Waals surface area contributed by atoms with Gasteiger partial charge < -0.3 is 0 Å². The van der Waals surface area contributed by atoms with Crippen LogP contribution in [0.1, 0.15) is 17.0 Å². The van der Waals surface area contributed by atoms with Gasteiger partial charge in [-0.25, -0.2) is 13.9 Å². The molecule has 0 fully saturated rings. The van der Waals surface area contributed by atoms with E-state index in [0.29, 0.717) is 6.54 Å². The Balaban J connectivity index is 1.76. The minimum Gasteiger partial charge on any atom is -0.240 e. The van der Waals surface area contributed by atoms with Gasteiger partial charge in [0, 0.05) is 0 Å². The van der Waals surface area contributed by atoms with Crippen LogP contribution < -0.4 is 4.57 Å². The molecule has 2 nitrogen and oxygen atoms in total. The third kappa shape index (κ3) is 2.93. The van der Waals surface area contributed by atoms with Crippen molar-refractivity contribution >= 4 is 11.0 Å². The average Bonchev–Trinajstić information content (AvgIpc) is 2.95. The van der Waals surface area contributed by atoms with Crippen molar-refractivity contribution < 1.29 is 8.96 Å². The Morgan fingerprint density at radius 2 is 1.46 bits per heavy atom. The summed E-state index contributed by atoms with van der Waals surface area (Å²) in [5.41, 5.74) is 4.62. The lowest BCUT2D eigenvalue weighted by Gasteiger charge is -2.03. The number of fused-ring (bicyclic) bond motifs is 1. The van der Waals surface area contributed by atoms with Crippen LogP contribution in [-0.4, -0.2) is 4.98 Å². The molecule has 1 N–H and O–H groups in total. The molecule has 3 aromatic carbocycles. The van der Waals surface area contributed by atoms with Crippen molar-refractivity contribution in [2.45, 2.75) is 13.0 Å². The van der Waals surface area contributed by atoms with Crippen LogP contribution in [0.5, 0.6) is 0 Å². The van der Waals surface area contributed by atoms with E-state index in [9.17, 15) is 4.39 Å². The van der Waals surface area contributed by atoms with Crippen LogP contribution in [-0.2, 0) is 13.0 Å². The Kier molecular flexibility index (Phi) is 3.83. The lowest BCUT2D eigenvalue weighted by Crippen LogP contribution is -2.37. The molecule has 4 aromatic rings. The van der Waals surface area contributed by atoms with Gasteiger partial charge in [0.05, 0.1) is 6.42 Å². The van der Waals surface area contributed by atoms with Crippen molar-refractivity contribution in [2.24, 2.45) is 0 Å². The zero-order chi connectivity index (χ0) is 16.4. The lowest BCUT2D eigenvalue weighted by atomic mass is 10.1. The van der Waals surface area contributed by atoms with Crippen molar-refractivity contribution in [1.29, 1.82) is 0 Å². The third-order valence-electron chi connectivity index (χ3n) is 4.27. The predicted molar refractivity (Wildman–Crippen MR) is 93.2 cm³/mol. The maximum atomic E-state index is 13.2. The molecule has 4 rings (SSSR count). The van der Waals surface area contributed by atoms with Gasteiger partial charge in [0.2, 0.25) is 0 Å². The molecule has 0 radical (unpaired) electrons. The maximum Gasteiger partial charge on any atom is 0.259 e. The third-order valence-corrected chi connectivity index (χ3v) is 4.27. The molecule has 118 valence electrons. The van der Waals surface area contributed by atoms with E-state index < -0.39 is 0 Å². The van der Waals surface area contributed by atoms with Crippen LogP contribution in [0.2, 0.25) is 0 Å². The zero-order valence-corrected chi connectivity index (χ0v) is 13.2. The van der Waals surface area contributed by atoms with Gasteiger partial charge in [-0.1, -0.05) is 54.6 Å². The van der Waals surface area contributed by atoms with E-state index in [4.69, 9.17) is 0 Å². The maximum absolute atomic E-state index is 13.2. The minimum atomic E-state index is -0.202. The van der Waals surface area contributed by atoms with Crippen molar-refractivity contribution in [1.82, 2.24) is 4.98 Å². The second-order valence-corrected chi connectivity index (χ2v) is 5.96. The number of imidazole rings is 1. The summed E-state index contributed by atoms with van der Waals surface area (Å²) in [6.07, 6.45) is 0.830. The first-order valence-electron chi connectivity index (χ1n) is 8.07. The van der Waals surface area contributed by atoms with Crippen LogP contribution in [0.4, 0.5) is 4.39 Å². The molecule has 0 spiro atoms. The summed E-state index contributed by atoms with van der Waals surface area (Å²) in [6, 6.07) is 25.4. The van der Waals surface area contributed by atoms with Crippen molar-refractivity contribution in [3.63, 3.8) is 0 Å². The Bertz CT molecular complexity index is 956. The highest BCUT2D eigenvalue weighted by Crippen LogP contribution is 2.14. The number of rotatable bonds is 4. The van der Waals surface area contributed by atoms with Crippen LogP contribution >= 0.6 is 0 Å². The molecule has 0 aliphatic rings. The minimum absolute atomic E-state index is 0.202. The number of halogens is 1. The van der Waals surface area contributed by atoms with Gasteiger partial charge in [0.25, 0.3) is 5.82 Å². The molecule has 3 heteroatoms.